The fourth-order valence-electron chi connectivity index (χ4n) is 7.69. The van der Waals surface area contributed by atoms with Crippen molar-refractivity contribution in [1.82, 2.24) is 9.88 Å². The van der Waals surface area contributed by atoms with E-state index >= 15 is 0 Å². The molecule has 11 rings (SSSR count). The maximum atomic E-state index is 6.47. The fraction of sp³-hybridized carbons (Fsp3) is 0.0222. The average molecular weight is 673 g/mol. The number of para-hydroxylation sites is 2. The fourth-order valence-corrected chi connectivity index (χ4v) is 8.98. The Morgan fingerprint density at radius 3 is 2.04 bits per heavy atom. The Labute approximate surface area is 296 Å². The molecule has 51 heavy (non-hydrogen) atoms. The minimum absolute atomic E-state index is 0.260. The predicted molar refractivity (Wildman–Crippen MR) is 213 cm³/mol. The number of aromatic nitrogens is 1. The second kappa shape index (κ2) is 11.0. The van der Waals surface area contributed by atoms with Gasteiger partial charge in [-0.05, 0) is 60.2 Å². The first-order chi connectivity index (χ1) is 25.3. The molecule has 1 unspecified atom stereocenters. The van der Waals surface area contributed by atoms with E-state index in [0.717, 1.165) is 50.2 Å². The number of rotatable bonds is 4. The molecule has 240 valence electrons. The average Bonchev–Trinajstić information content (AvgIpc) is 3.87. The Balaban J connectivity index is 1.09. The van der Waals surface area contributed by atoms with Crippen molar-refractivity contribution in [2.75, 3.05) is 0 Å². The highest BCUT2D eigenvalue weighted by atomic mass is 32.1. The van der Waals surface area contributed by atoms with Crippen LogP contribution in [0, 0.1) is 0 Å². The van der Waals surface area contributed by atoms with Crippen LogP contribution in [0.1, 0.15) is 22.9 Å². The second-order valence-electron chi connectivity index (χ2n) is 13.0. The summed E-state index contributed by atoms with van der Waals surface area (Å²) in [5.41, 5.74) is 8.37. The van der Waals surface area contributed by atoms with Crippen molar-refractivity contribution >= 4 is 86.9 Å². The number of furan rings is 1. The van der Waals surface area contributed by atoms with Gasteiger partial charge in [0.15, 0.2) is 5.84 Å². The van der Waals surface area contributed by atoms with E-state index in [1.165, 1.54) is 42.0 Å². The Hall–Kier alpha value is -6.50. The van der Waals surface area contributed by atoms with Gasteiger partial charge < -0.3 is 14.3 Å². The Kier molecular flexibility index (Phi) is 6.12. The van der Waals surface area contributed by atoms with Gasteiger partial charge in [0, 0.05) is 58.5 Å². The molecule has 7 aromatic carbocycles. The molecule has 1 N–H and O–H groups in total. The number of nitrogens with one attached hydrogen (secondary N) is 1. The molecule has 1 aliphatic rings. The van der Waals surface area contributed by atoms with Gasteiger partial charge in [-0.1, -0.05) is 103 Å². The first kappa shape index (κ1) is 28.3. The minimum Gasteiger partial charge on any atom is -0.456 e. The third kappa shape index (κ3) is 4.40. The van der Waals surface area contributed by atoms with Crippen LogP contribution in [-0.2, 0) is 0 Å². The molecule has 0 fully saturated rings. The molecular formula is C45H28N4OS. The van der Waals surface area contributed by atoms with E-state index in [-0.39, 0.29) is 6.17 Å². The smallest absolute Gasteiger partial charge is 0.159 e. The molecule has 4 heterocycles. The molecule has 10 aromatic rings. The maximum absolute atomic E-state index is 6.47. The molecule has 1 atom stereocenters. The van der Waals surface area contributed by atoms with Gasteiger partial charge in [-0.2, -0.15) is 0 Å². The van der Waals surface area contributed by atoms with Crippen molar-refractivity contribution in [3.05, 3.63) is 174 Å². The lowest BCUT2D eigenvalue weighted by Crippen LogP contribution is -2.33. The predicted octanol–water partition coefficient (Wildman–Crippen LogP) is 11.5. The van der Waals surface area contributed by atoms with Crippen LogP contribution in [0.5, 0.6) is 0 Å². The van der Waals surface area contributed by atoms with Gasteiger partial charge in [0.05, 0.1) is 11.0 Å². The third-order valence-corrected chi connectivity index (χ3v) is 11.2. The normalized spacial score (nSPS) is 14.9. The first-order valence-electron chi connectivity index (χ1n) is 17.1. The summed E-state index contributed by atoms with van der Waals surface area (Å²) in [5.74, 6) is 1.49. The second-order valence-corrected chi connectivity index (χ2v) is 14.1. The molecule has 5 nitrogen and oxygen atoms in total. The summed E-state index contributed by atoms with van der Waals surface area (Å²) in [7, 11) is 0. The van der Waals surface area contributed by atoms with E-state index in [2.05, 4.69) is 131 Å². The number of hydrogen-bond acceptors (Lipinski definition) is 5. The van der Waals surface area contributed by atoms with E-state index < -0.39 is 0 Å². The number of fused-ring (bicyclic) bond motifs is 10. The summed E-state index contributed by atoms with van der Waals surface area (Å²) in [6.45, 7) is 0. The molecular weight excluding hydrogens is 645 g/mol. The standard InChI is InChI=1S/C45H28N4OS/c1-3-11-27(12-4-1)43-46-44(28-13-5-2-6-14-28)48-45(47-43)29-19-23-38-35(25-29)41-39(50-38)24-22-34-33-21-20-30(26-40(33)51-42(34)41)49-36-17-9-7-15-31(36)32-16-8-10-18-37(32)49/h1-26,43H,(H,46,47,48). The highest BCUT2D eigenvalue weighted by molar-refractivity contribution is 7.26. The van der Waals surface area contributed by atoms with Crippen LogP contribution in [0.15, 0.2) is 172 Å². The topological polar surface area (TPSA) is 54.8 Å². The van der Waals surface area contributed by atoms with Gasteiger partial charge >= 0.3 is 0 Å². The molecule has 1 aliphatic heterocycles. The van der Waals surface area contributed by atoms with Gasteiger partial charge in [-0.15, -0.1) is 11.3 Å². The summed E-state index contributed by atoms with van der Waals surface area (Å²) < 4.78 is 11.3. The molecule has 0 spiro atoms. The summed E-state index contributed by atoms with van der Waals surface area (Å²) >= 11 is 1.83. The SMILES string of the molecule is c1ccc(C2=NC(c3ccc4oc5ccc6c7ccc(-n8c9ccccc9c9ccccc98)cc7sc6c5c4c3)=NC(c3ccccc3)N2)cc1. The number of aliphatic imine (C=N–C) groups is 2. The number of hydrogen-bond donors (Lipinski definition) is 1. The number of benzene rings is 7. The van der Waals surface area contributed by atoms with E-state index in [1.54, 1.807) is 0 Å². The van der Waals surface area contributed by atoms with Crippen LogP contribution >= 0.6 is 11.3 Å². The summed E-state index contributed by atoms with van der Waals surface area (Å²) in [5, 5.41) is 10.8. The van der Waals surface area contributed by atoms with E-state index in [1.807, 2.05) is 47.7 Å². The molecule has 0 radical (unpaired) electrons. The van der Waals surface area contributed by atoms with Gasteiger partial charge in [0.25, 0.3) is 0 Å². The van der Waals surface area contributed by atoms with Crippen molar-refractivity contribution in [1.29, 1.82) is 0 Å². The summed E-state index contributed by atoms with van der Waals surface area (Å²) in [4.78, 5) is 10.2. The number of thiophene rings is 1. The minimum atomic E-state index is -0.260. The summed E-state index contributed by atoms with van der Waals surface area (Å²) in [6, 6.07) is 55.4. The van der Waals surface area contributed by atoms with Gasteiger partial charge in [0.1, 0.15) is 23.2 Å². The molecule has 0 aliphatic carbocycles. The zero-order valence-electron chi connectivity index (χ0n) is 27.2. The largest absolute Gasteiger partial charge is 0.456 e. The van der Waals surface area contributed by atoms with Crippen LogP contribution < -0.4 is 5.32 Å². The van der Waals surface area contributed by atoms with Crippen molar-refractivity contribution in [2.45, 2.75) is 6.17 Å². The lowest BCUT2D eigenvalue weighted by atomic mass is 10.0. The van der Waals surface area contributed by atoms with Gasteiger partial charge in [-0.3, -0.25) is 0 Å². The summed E-state index contributed by atoms with van der Waals surface area (Å²) in [6.07, 6.45) is -0.260. The van der Waals surface area contributed by atoms with Crippen LogP contribution in [0.25, 0.3) is 69.6 Å². The van der Waals surface area contributed by atoms with Crippen LogP contribution in [0.3, 0.4) is 0 Å². The van der Waals surface area contributed by atoms with E-state index in [0.29, 0.717) is 5.84 Å². The molecule has 0 saturated heterocycles. The Bertz CT molecular complexity index is 3010. The Morgan fingerprint density at radius 1 is 0.569 bits per heavy atom. The zero-order chi connectivity index (χ0) is 33.5. The van der Waals surface area contributed by atoms with Crippen LogP contribution in [0.4, 0.5) is 0 Å². The molecule has 0 saturated carbocycles. The van der Waals surface area contributed by atoms with Crippen molar-refractivity contribution in [3.63, 3.8) is 0 Å². The van der Waals surface area contributed by atoms with Crippen molar-refractivity contribution < 1.29 is 4.42 Å². The van der Waals surface area contributed by atoms with Crippen molar-refractivity contribution in [2.24, 2.45) is 9.98 Å². The lowest BCUT2D eigenvalue weighted by Gasteiger charge is -2.23. The van der Waals surface area contributed by atoms with E-state index in [9.17, 15) is 0 Å². The number of amidine groups is 2. The number of nitrogens with zero attached hydrogens (tertiary/aromatic N) is 3. The van der Waals surface area contributed by atoms with Crippen LogP contribution in [0.2, 0.25) is 0 Å². The van der Waals surface area contributed by atoms with Crippen LogP contribution in [-0.4, -0.2) is 16.2 Å². The van der Waals surface area contributed by atoms with Gasteiger partial charge in [0.2, 0.25) is 0 Å². The third-order valence-electron chi connectivity index (χ3n) is 10.1. The zero-order valence-corrected chi connectivity index (χ0v) is 28.1. The highest BCUT2D eigenvalue weighted by Gasteiger charge is 2.22. The van der Waals surface area contributed by atoms with E-state index in [4.69, 9.17) is 14.4 Å². The highest BCUT2D eigenvalue weighted by Crippen LogP contribution is 2.44. The lowest BCUT2D eigenvalue weighted by molar-refractivity contribution is 0.669. The van der Waals surface area contributed by atoms with Gasteiger partial charge in [-0.25, -0.2) is 9.98 Å². The quantitative estimate of drug-likeness (QED) is 0.202. The monoisotopic (exact) mass is 672 g/mol. The Morgan fingerprint density at radius 2 is 1.25 bits per heavy atom. The maximum Gasteiger partial charge on any atom is 0.159 e. The molecule has 3 aromatic heterocycles. The molecule has 0 bridgehead atoms. The van der Waals surface area contributed by atoms with Crippen molar-refractivity contribution in [3.8, 4) is 5.69 Å². The first-order valence-corrected chi connectivity index (χ1v) is 17.9. The molecule has 6 heteroatoms. The molecule has 0 amide bonds.